The zero-order chi connectivity index (χ0) is 16.2. The lowest BCUT2D eigenvalue weighted by molar-refractivity contribution is -0.123. The molecule has 0 bridgehead atoms. The quantitative estimate of drug-likeness (QED) is 0.832. The minimum absolute atomic E-state index is 0.122. The van der Waals surface area contributed by atoms with Crippen molar-refractivity contribution >= 4 is 15.9 Å². The highest BCUT2D eigenvalue weighted by Gasteiger charge is 2.30. The molecule has 1 aliphatic carbocycles. The standard InChI is InChI=1S/C16H24N2O3S/c1-12(18-22(2,20)21)16(19)17-15-10-6-9-14(15)11-13-7-4-3-5-8-13/h3-5,7-8,12,14-15,18H,6,9-11H2,1-2H3,(H,17,19). The maximum absolute atomic E-state index is 12.1. The molecule has 22 heavy (non-hydrogen) atoms. The molecule has 3 atom stereocenters. The zero-order valence-electron chi connectivity index (χ0n) is 13.1. The Morgan fingerprint density at radius 1 is 1.27 bits per heavy atom. The molecule has 1 saturated carbocycles. The number of hydrogen-bond acceptors (Lipinski definition) is 3. The van der Waals surface area contributed by atoms with Crippen molar-refractivity contribution < 1.29 is 13.2 Å². The summed E-state index contributed by atoms with van der Waals surface area (Å²) in [6, 6.07) is 9.63. The van der Waals surface area contributed by atoms with Crippen molar-refractivity contribution in [2.45, 2.75) is 44.7 Å². The third-order valence-electron chi connectivity index (χ3n) is 4.11. The lowest BCUT2D eigenvalue weighted by atomic mass is 9.94. The molecule has 0 radical (unpaired) electrons. The summed E-state index contributed by atoms with van der Waals surface area (Å²) < 4.78 is 24.7. The predicted octanol–water partition coefficient (Wildman–Crippen LogP) is 1.45. The topological polar surface area (TPSA) is 75.3 Å². The van der Waals surface area contributed by atoms with E-state index in [1.807, 2.05) is 18.2 Å². The Labute approximate surface area is 132 Å². The van der Waals surface area contributed by atoms with Gasteiger partial charge in [-0.1, -0.05) is 36.8 Å². The average molecular weight is 324 g/mol. The largest absolute Gasteiger partial charge is 0.352 e. The number of carbonyl (C=O) groups is 1. The van der Waals surface area contributed by atoms with Gasteiger partial charge in [0, 0.05) is 6.04 Å². The fourth-order valence-electron chi connectivity index (χ4n) is 3.07. The van der Waals surface area contributed by atoms with Crippen LogP contribution in [-0.2, 0) is 21.2 Å². The lowest BCUT2D eigenvalue weighted by Crippen LogP contribution is -2.48. The van der Waals surface area contributed by atoms with Gasteiger partial charge < -0.3 is 5.32 Å². The maximum atomic E-state index is 12.1. The number of amides is 1. The predicted molar refractivity (Wildman–Crippen MR) is 86.9 cm³/mol. The zero-order valence-corrected chi connectivity index (χ0v) is 13.9. The van der Waals surface area contributed by atoms with E-state index in [1.54, 1.807) is 6.92 Å². The molecule has 5 nitrogen and oxygen atoms in total. The van der Waals surface area contributed by atoms with Crippen molar-refractivity contribution in [1.82, 2.24) is 10.0 Å². The minimum Gasteiger partial charge on any atom is -0.352 e. The molecular formula is C16H24N2O3S. The van der Waals surface area contributed by atoms with E-state index < -0.39 is 16.1 Å². The van der Waals surface area contributed by atoms with Gasteiger partial charge in [-0.15, -0.1) is 0 Å². The maximum Gasteiger partial charge on any atom is 0.238 e. The summed E-state index contributed by atoms with van der Waals surface area (Å²) >= 11 is 0. The number of rotatable bonds is 6. The van der Waals surface area contributed by atoms with E-state index in [2.05, 4.69) is 22.2 Å². The van der Waals surface area contributed by atoms with Crippen molar-refractivity contribution in [2.24, 2.45) is 5.92 Å². The van der Waals surface area contributed by atoms with E-state index in [-0.39, 0.29) is 11.9 Å². The van der Waals surface area contributed by atoms with E-state index in [0.29, 0.717) is 5.92 Å². The molecule has 3 unspecified atom stereocenters. The van der Waals surface area contributed by atoms with Crippen LogP contribution in [-0.4, -0.2) is 32.7 Å². The Morgan fingerprint density at radius 2 is 1.95 bits per heavy atom. The monoisotopic (exact) mass is 324 g/mol. The molecule has 0 saturated heterocycles. The van der Waals surface area contributed by atoms with Crippen LogP contribution in [0, 0.1) is 5.92 Å². The summed E-state index contributed by atoms with van der Waals surface area (Å²) in [5, 5.41) is 3.01. The lowest BCUT2D eigenvalue weighted by Gasteiger charge is -2.23. The molecule has 2 N–H and O–H groups in total. The highest BCUT2D eigenvalue weighted by atomic mass is 32.2. The second kappa shape index (κ2) is 7.24. The molecular weight excluding hydrogens is 300 g/mol. The molecule has 2 rings (SSSR count). The van der Waals surface area contributed by atoms with Crippen LogP contribution in [0.4, 0.5) is 0 Å². The molecule has 1 aromatic rings. The van der Waals surface area contributed by atoms with E-state index in [1.165, 1.54) is 5.56 Å². The van der Waals surface area contributed by atoms with Gasteiger partial charge in [0.25, 0.3) is 0 Å². The molecule has 1 aliphatic rings. The molecule has 1 fully saturated rings. The van der Waals surface area contributed by atoms with Crippen molar-refractivity contribution in [2.75, 3.05) is 6.26 Å². The van der Waals surface area contributed by atoms with E-state index in [9.17, 15) is 13.2 Å². The van der Waals surface area contributed by atoms with Crippen molar-refractivity contribution in [3.05, 3.63) is 35.9 Å². The van der Waals surface area contributed by atoms with Crippen LogP contribution in [0.2, 0.25) is 0 Å². The normalized spacial score (nSPS) is 23.2. The van der Waals surface area contributed by atoms with Crippen molar-refractivity contribution in [1.29, 1.82) is 0 Å². The molecule has 1 aromatic carbocycles. The number of sulfonamides is 1. The van der Waals surface area contributed by atoms with Gasteiger partial charge in [0.2, 0.25) is 15.9 Å². The third kappa shape index (κ3) is 5.10. The molecule has 6 heteroatoms. The van der Waals surface area contributed by atoms with Gasteiger partial charge >= 0.3 is 0 Å². The number of nitrogens with one attached hydrogen (secondary N) is 2. The van der Waals surface area contributed by atoms with Gasteiger partial charge in [0.05, 0.1) is 12.3 Å². The number of carbonyl (C=O) groups excluding carboxylic acids is 1. The summed E-state index contributed by atoms with van der Waals surface area (Å²) in [6.07, 6.45) is 5.14. The molecule has 0 aromatic heterocycles. The summed E-state index contributed by atoms with van der Waals surface area (Å²) in [5.41, 5.74) is 1.27. The Bertz CT molecular complexity index is 601. The first-order chi connectivity index (χ1) is 10.3. The Morgan fingerprint density at radius 3 is 2.59 bits per heavy atom. The smallest absolute Gasteiger partial charge is 0.238 e. The van der Waals surface area contributed by atoms with Gasteiger partial charge in [-0.05, 0) is 37.7 Å². The average Bonchev–Trinajstić information content (AvgIpc) is 2.85. The van der Waals surface area contributed by atoms with E-state index >= 15 is 0 Å². The molecule has 1 amide bonds. The number of benzene rings is 1. The van der Waals surface area contributed by atoms with Gasteiger partial charge in [-0.25, -0.2) is 13.1 Å². The Hall–Kier alpha value is -1.40. The second-order valence-electron chi connectivity index (χ2n) is 6.11. The Kier molecular flexibility index (Phi) is 5.58. The van der Waals surface area contributed by atoms with Crippen molar-refractivity contribution in [3.8, 4) is 0 Å². The van der Waals surface area contributed by atoms with Gasteiger partial charge in [-0.3, -0.25) is 4.79 Å². The summed E-state index contributed by atoms with van der Waals surface area (Å²) in [4.78, 5) is 12.1. The van der Waals surface area contributed by atoms with Crippen LogP contribution >= 0.6 is 0 Å². The summed E-state index contributed by atoms with van der Waals surface area (Å²) in [6.45, 7) is 1.57. The van der Waals surface area contributed by atoms with Crippen LogP contribution in [0.25, 0.3) is 0 Å². The van der Waals surface area contributed by atoms with Gasteiger partial charge in [-0.2, -0.15) is 0 Å². The molecule has 0 heterocycles. The number of hydrogen-bond donors (Lipinski definition) is 2. The summed E-state index contributed by atoms with van der Waals surface area (Å²) in [7, 11) is -3.37. The second-order valence-corrected chi connectivity index (χ2v) is 7.89. The molecule has 122 valence electrons. The SMILES string of the molecule is CC(NS(C)(=O)=O)C(=O)NC1CCCC1Cc1ccccc1. The van der Waals surface area contributed by atoms with Crippen molar-refractivity contribution in [3.63, 3.8) is 0 Å². The van der Waals surface area contributed by atoms with Gasteiger partial charge in [0.1, 0.15) is 0 Å². The fourth-order valence-corrected chi connectivity index (χ4v) is 3.82. The summed E-state index contributed by atoms with van der Waals surface area (Å²) in [5.74, 6) is 0.159. The van der Waals surface area contributed by atoms with Crippen LogP contribution in [0.3, 0.4) is 0 Å². The first kappa shape index (κ1) is 17.0. The van der Waals surface area contributed by atoms with Gasteiger partial charge in [0.15, 0.2) is 0 Å². The van der Waals surface area contributed by atoms with Crippen LogP contribution in [0.15, 0.2) is 30.3 Å². The van der Waals surface area contributed by atoms with Crippen LogP contribution in [0.5, 0.6) is 0 Å². The van der Waals surface area contributed by atoms with Crippen LogP contribution in [0.1, 0.15) is 31.7 Å². The van der Waals surface area contributed by atoms with E-state index in [4.69, 9.17) is 0 Å². The highest BCUT2D eigenvalue weighted by Crippen LogP contribution is 2.28. The minimum atomic E-state index is -3.37. The Balaban J connectivity index is 1.92. The molecule has 0 aliphatic heterocycles. The third-order valence-corrected chi connectivity index (χ3v) is 4.89. The highest BCUT2D eigenvalue weighted by molar-refractivity contribution is 7.88. The van der Waals surface area contributed by atoms with Crippen LogP contribution < -0.4 is 10.0 Å². The fraction of sp³-hybridized carbons (Fsp3) is 0.562. The first-order valence-corrected chi connectivity index (χ1v) is 9.56. The molecule has 0 spiro atoms. The first-order valence-electron chi connectivity index (χ1n) is 7.67. The van der Waals surface area contributed by atoms with E-state index in [0.717, 1.165) is 31.9 Å².